The molecule has 0 aliphatic carbocycles. The van der Waals surface area contributed by atoms with Crippen LogP contribution in [0.3, 0.4) is 0 Å². The van der Waals surface area contributed by atoms with Crippen LogP contribution in [0.2, 0.25) is 0 Å². The van der Waals surface area contributed by atoms with Crippen molar-refractivity contribution >= 4 is 0 Å². The fourth-order valence-corrected chi connectivity index (χ4v) is 2.93. The maximum absolute atomic E-state index is 5.01. The summed E-state index contributed by atoms with van der Waals surface area (Å²) >= 11 is 0. The van der Waals surface area contributed by atoms with E-state index >= 15 is 0 Å². The van der Waals surface area contributed by atoms with Gasteiger partial charge in [0.15, 0.2) is 5.82 Å². The zero-order chi connectivity index (χ0) is 14.5. The van der Waals surface area contributed by atoms with E-state index in [1.165, 1.54) is 18.5 Å². The third-order valence-corrected chi connectivity index (χ3v) is 4.16. The lowest BCUT2D eigenvalue weighted by Gasteiger charge is -2.31. The lowest BCUT2D eigenvalue weighted by molar-refractivity contribution is 0.170. The molecule has 1 aliphatic rings. The van der Waals surface area contributed by atoms with E-state index in [4.69, 9.17) is 4.52 Å². The van der Waals surface area contributed by atoms with Gasteiger partial charge in [-0.25, -0.2) is 0 Å². The Morgan fingerprint density at radius 2 is 2.14 bits per heavy atom. The van der Waals surface area contributed by atoms with E-state index in [1.807, 2.05) is 19.2 Å². The van der Waals surface area contributed by atoms with E-state index in [-0.39, 0.29) is 0 Å². The van der Waals surface area contributed by atoms with Gasteiger partial charge in [0.25, 0.3) is 0 Å². The normalized spacial score (nSPS) is 17.2. The van der Waals surface area contributed by atoms with Crippen LogP contribution >= 0.6 is 0 Å². The van der Waals surface area contributed by atoms with E-state index in [0.717, 1.165) is 44.2 Å². The number of likely N-dealkylation sites (tertiary alicyclic amines) is 1. The first-order chi connectivity index (χ1) is 10.3. The van der Waals surface area contributed by atoms with Crippen molar-refractivity contribution in [3.05, 3.63) is 41.8 Å². The highest BCUT2D eigenvalue weighted by atomic mass is 16.5. The maximum Gasteiger partial charge on any atom is 0.223 e. The molecular weight excluding hydrogens is 264 g/mol. The molecular formula is C16H22N4O. The lowest BCUT2D eigenvalue weighted by atomic mass is 9.92. The van der Waals surface area contributed by atoms with Gasteiger partial charge in [-0.05, 0) is 50.4 Å². The highest BCUT2D eigenvalue weighted by molar-refractivity contribution is 5.03. The molecule has 0 saturated carbocycles. The van der Waals surface area contributed by atoms with Gasteiger partial charge in [-0.15, -0.1) is 0 Å². The number of pyridine rings is 1. The SMILES string of the molecule is Cc1nc(CCC2CCN(Cc3ccccn3)CC2)no1. The van der Waals surface area contributed by atoms with Crippen LogP contribution < -0.4 is 0 Å². The molecule has 0 spiro atoms. The zero-order valence-electron chi connectivity index (χ0n) is 12.5. The van der Waals surface area contributed by atoms with Crippen molar-refractivity contribution in [2.24, 2.45) is 5.92 Å². The van der Waals surface area contributed by atoms with Crippen LogP contribution in [-0.4, -0.2) is 33.1 Å². The molecule has 5 heteroatoms. The maximum atomic E-state index is 5.01. The van der Waals surface area contributed by atoms with Crippen molar-refractivity contribution in [3.63, 3.8) is 0 Å². The summed E-state index contributed by atoms with van der Waals surface area (Å²) in [7, 11) is 0. The summed E-state index contributed by atoms with van der Waals surface area (Å²) in [6, 6.07) is 6.13. The Labute approximate surface area is 125 Å². The quantitative estimate of drug-likeness (QED) is 0.845. The molecule has 112 valence electrons. The Bertz CT molecular complexity index is 546. The molecule has 0 amide bonds. The average Bonchev–Trinajstić information content (AvgIpc) is 2.93. The van der Waals surface area contributed by atoms with Gasteiger partial charge in [-0.2, -0.15) is 4.98 Å². The smallest absolute Gasteiger partial charge is 0.223 e. The molecule has 0 unspecified atom stereocenters. The van der Waals surface area contributed by atoms with Crippen molar-refractivity contribution in [3.8, 4) is 0 Å². The Kier molecular flexibility index (Phi) is 4.60. The summed E-state index contributed by atoms with van der Waals surface area (Å²) in [5, 5.41) is 3.97. The number of hydrogen-bond donors (Lipinski definition) is 0. The van der Waals surface area contributed by atoms with E-state index < -0.39 is 0 Å². The minimum absolute atomic E-state index is 0.662. The lowest BCUT2D eigenvalue weighted by Crippen LogP contribution is -2.33. The van der Waals surface area contributed by atoms with Crippen LogP contribution in [0, 0.1) is 12.8 Å². The number of nitrogens with zero attached hydrogens (tertiary/aromatic N) is 4. The second-order valence-electron chi connectivity index (χ2n) is 5.81. The summed E-state index contributed by atoms with van der Waals surface area (Å²) in [6.45, 7) is 5.13. The van der Waals surface area contributed by atoms with Crippen LogP contribution in [0.25, 0.3) is 0 Å². The number of hydrogen-bond acceptors (Lipinski definition) is 5. The van der Waals surface area contributed by atoms with E-state index in [1.54, 1.807) is 0 Å². The molecule has 0 radical (unpaired) electrons. The molecule has 1 fully saturated rings. The molecule has 0 N–H and O–H groups in total. The highest BCUT2D eigenvalue weighted by Gasteiger charge is 2.20. The number of rotatable bonds is 5. The fourth-order valence-electron chi connectivity index (χ4n) is 2.93. The van der Waals surface area contributed by atoms with Crippen molar-refractivity contribution < 1.29 is 4.52 Å². The van der Waals surface area contributed by atoms with Gasteiger partial charge in [-0.3, -0.25) is 9.88 Å². The minimum atomic E-state index is 0.662. The van der Waals surface area contributed by atoms with Gasteiger partial charge in [-0.1, -0.05) is 11.2 Å². The van der Waals surface area contributed by atoms with Gasteiger partial charge in [0, 0.05) is 26.1 Å². The highest BCUT2D eigenvalue weighted by Crippen LogP contribution is 2.22. The third-order valence-electron chi connectivity index (χ3n) is 4.16. The van der Waals surface area contributed by atoms with Gasteiger partial charge in [0.05, 0.1) is 5.69 Å². The molecule has 3 rings (SSSR count). The van der Waals surface area contributed by atoms with Crippen LogP contribution in [0.1, 0.15) is 36.7 Å². The second kappa shape index (κ2) is 6.80. The van der Waals surface area contributed by atoms with Crippen LogP contribution in [0.15, 0.2) is 28.9 Å². The van der Waals surface area contributed by atoms with Gasteiger partial charge >= 0.3 is 0 Å². The molecule has 2 aromatic rings. The number of piperidine rings is 1. The number of aryl methyl sites for hydroxylation is 2. The average molecular weight is 286 g/mol. The van der Waals surface area contributed by atoms with Gasteiger partial charge in [0.1, 0.15) is 0 Å². The Hall–Kier alpha value is -1.75. The molecule has 1 aliphatic heterocycles. The number of aromatic nitrogens is 3. The van der Waals surface area contributed by atoms with E-state index in [0.29, 0.717) is 5.89 Å². The first kappa shape index (κ1) is 14.2. The largest absolute Gasteiger partial charge is 0.340 e. The standard InChI is InChI=1S/C16H22N4O/c1-13-18-16(19-21-13)6-5-14-7-10-20(11-8-14)12-15-4-2-3-9-17-15/h2-4,9,14H,5-8,10-12H2,1H3. The van der Waals surface area contributed by atoms with E-state index in [2.05, 4.69) is 32.2 Å². The monoisotopic (exact) mass is 286 g/mol. The van der Waals surface area contributed by atoms with Crippen molar-refractivity contribution in [2.45, 2.75) is 39.2 Å². The molecule has 0 bridgehead atoms. The Morgan fingerprint density at radius 3 is 2.81 bits per heavy atom. The van der Waals surface area contributed by atoms with Crippen molar-refractivity contribution in [1.82, 2.24) is 20.0 Å². The molecule has 2 aromatic heterocycles. The zero-order valence-corrected chi connectivity index (χ0v) is 12.5. The summed E-state index contributed by atoms with van der Waals surface area (Å²) in [6.07, 6.45) is 6.47. The predicted octanol–water partition coefficient (Wildman–Crippen LogP) is 2.62. The summed E-state index contributed by atoms with van der Waals surface area (Å²) in [5.74, 6) is 2.29. The molecule has 3 heterocycles. The minimum Gasteiger partial charge on any atom is -0.340 e. The molecule has 21 heavy (non-hydrogen) atoms. The van der Waals surface area contributed by atoms with Crippen molar-refractivity contribution in [1.29, 1.82) is 0 Å². The predicted molar refractivity (Wildman–Crippen MR) is 79.6 cm³/mol. The molecule has 0 atom stereocenters. The fraction of sp³-hybridized carbons (Fsp3) is 0.562. The Morgan fingerprint density at radius 1 is 1.29 bits per heavy atom. The van der Waals surface area contributed by atoms with Crippen LogP contribution in [0.5, 0.6) is 0 Å². The van der Waals surface area contributed by atoms with E-state index in [9.17, 15) is 0 Å². The topological polar surface area (TPSA) is 55.1 Å². The first-order valence-corrected chi connectivity index (χ1v) is 7.71. The molecule has 5 nitrogen and oxygen atoms in total. The van der Waals surface area contributed by atoms with Crippen molar-refractivity contribution in [2.75, 3.05) is 13.1 Å². The van der Waals surface area contributed by atoms with Crippen LogP contribution in [-0.2, 0) is 13.0 Å². The summed E-state index contributed by atoms with van der Waals surface area (Å²) in [4.78, 5) is 11.2. The molecule has 0 aromatic carbocycles. The van der Waals surface area contributed by atoms with Gasteiger partial charge in [0.2, 0.25) is 5.89 Å². The first-order valence-electron chi connectivity index (χ1n) is 7.71. The summed E-state index contributed by atoms with van der Waals surface area (Å²) in [5.41, 5.74) is 1.17. The van der Waals surface area contributed by atoms with Gasteiger partial charge < -0.3 is 4.52 Å². The Balaban J connectivity index is 1.40. The second-order valence-corrected chi connectivity index (χ2v) is 5.81. The molecule has 1 saturated heterocycles. The third kappa shape index (κ3) is 4.11. The summed E-state index contributed by atoms with van der Waals surface area (Å²) < 4.78 is 5.01. The van der Waals surface area contributed by atoms with Crippen LogP contribution in [0.4, 0.5) is 0 Å².